The summed E-state index contributed by atoms with van der Waals surface area (Å²) in [4.78, 5) is 24.7. The second-order valence-corrected chi connectivity index (χ2v) is 5.66. The molecule has 2 aromatic rings. The zero-order valence-corrected chi connectivity index (χ0v) is 13.8. The Balaban J connectivity index is 1.89. The van der Waals surface area contributed by atoms with E-state index in [1.807, 2.05) is 48.5 Å². The van der Waals surface area contributed by atoms with Crippen LogP contribution in [0.1, 0.15) is 0 Å². The highest BCUT2D eigenvalue weighted by Gasteiger charge is 2.09. The number of hydrogen-bond donors (Lipinski definition) is 1. The van der Waals surface area contributed by atoms with E-state index in [0.717, 1.165) is 15.9 Å². The molecule has 2 aromatic carbocycles. The van der Waals surface area contributed by atoms with E-state index >= 15 is 0 Å². The lowest BCUT2D eigenvalue weighted by atomic mass is 10.3. The van der Waals surface area contributed by atoms with E-state index in [0.29, 0.717) is 5.69 Å². The summed E-state index contributed by atoms with van der Waals surface area (Å²) in [6.45, 7) is 3.23. The maximum atomic E-state index is 11.8. The Morgan fingerprint density at radius 3 is 2.42 bits per heavy atom. The molecule has 5 nitrogen and oxygen atoms in total. The molecule has 0 fully saturated rings. The van der Waals surface area contributed by atoms with Crippen molar-refractivity contribution in [3.05, 3.63) is 67.3 Å². The van der Waals surface area contributed by atoms with Crippen LogP contribution in [0.4, 0.5) is 10.5 Å². The van der Waals surface area contributed by atoms with Crippen LogP contribution in [0.25, 0.3) is 0 Å². The van der Waals surface area contributed by atoms with Gasteiger partial charge in [-0.2, -0.15) is 0 Å². The van der Waals surface area contributed by atoms with Crippen molar-refractivity contribution in [3.8, 4) is 0 Å². The van der Waals surface area contributed by atoms with Crippen molar-refractivity contribution in [1.29, 1.82) is 0 Å². The first-order valence-corrected chi connectivity index (χ1v) is 8.05. The van der Waals surface area contributed by atoms with E-state index in [9.17, 15) is 9.59 Å². The largest absolute Gasteiger partial charge is 0.459 e. The number of anilines is 1. The van der Waals surface area contributed by atoms with Crippen LogP contribution in [0.2, 0.25) is 0 Å². The number of ether oxygens (including phenoxy) is 2. The molecule has 0 unspecified atom stereocenters. The van der Waals surface area contributed by atoms with Gasteiger partial charge in [-0.1, -0.05) is 48.7 Å². The molecule has 0 aromatic heterocycles. The highest BCUT2D eigenvalue weighted by Crippen LogP contribution is 2.33. The molecule has 1 amide bonds. The Hall–Kier alpha value is -2.73. The zero-order valence-electron chi connectivity index (χ0n) is 12.9. The summed E-state index contributed by atoms with van der Waals surface area (Å²) in [7, 11) is 0. The minimum atomic E-state index is -0.606. The van der Waals surface area contributed by atoms with E-state index in [1.165, 1.54) is 0 Å². The minimum absolute atomic E-state index is 0.0152. The topological polar surface area (TPSA) is 64.6 Å². The van der Waals surface area contributed by atoms with Crippen molar-refractivity contribution in [2.75, 3.05) is 18.5 Å². The predicted molar refractivity (Wildman–Crippen MR) is 93.1 cm³/mol. The number of carbonyl (C=O) groups is 2. The van der Waals surface area contributed by atoms with Crippen LogP contribution in [-0.2, 0) is 14.3 Å². The number of amides is 1. The van der Waals surface area contributed by atoms with Gasteiger partial charge in [-0.3, -0.25) is 5.32 Å². The Morgan fingerprint density at radius 2 is 1.67 bits per heavy atom. The Labute approximate surface area is 144 Å². The van der Waals surface area contributed by atoms with Crippen molar-refractivity contribution >= 4 is 29.5 Å². The molecule has 0 spiro atoms. The van der Waals surface area contributed by atoms with Crippen molar-refractivity contribution in [3.63, 3.8) is 0 Å². The molecule has 0 saturated carbocycles. The fourth-order valence-corrected chi connectivity index (χ4v) is 2.68. The van der Waals surface area contributed by atoms with Crippen LogP contribution >= 0.6 is 11.8 Å². The quantitative estimate of drug-likeness (QED) is 0.465. The minimum Gasteiger partial charge on any atom is -0.459 e. The van der Waals surface area contributed by atoms with E-state index in [4.69, 9.17) is 9.47 Å². The highest BCUT2D eigenvalue weighted by atomic mass is 32.2. The number of hydrogen-bond acceptors (Lipinski definition) is 5. The molecule has 0 aliphatic carbocycles. The Morgan fingerprint density at radius 1 is 1.00 bits per heavy atom. The normalized spacial score (nSPS) is 9.83. The average molecular weight is 343 g/mol. The number of nitrogens with one attached hydrogen (secondary N) is 1. The summed E-state index contributed by atoms with van der Waals surface area (Å²) >= 11 is 1.54. The van der Waals surface area contributed by atoms with Crippen LogP contribution in [0.3, 0.4) is 0 Å². The van der Waals surface area contributed by atoms with Gasteiger partial charge in [0.25, 0.3) is 0 Å². The van der Waals surface area contributed by atoms with Gasteiger partial charge >= 0.3 is 12.1 Å². The summed E-state index contributed by atoms with van der Waals surface area (Å²) in [6, 6.07) is 17.3. The third kappa shape index (κ3) is 5.81. The molecule has 6 heteroatoms. The molecule has 1 N–H and O–H groups in total. The maximum Gasteiger partial charge on any atom is 0.411 e. The second-order valence-electron chi connectivity index (χ2n) is 4.54. The van der Waals surface area contributed by atoms with Gasteiger partial charge in [-0.05, 0) is 24.3 Å². The second kappa shape index (κ2) is 9.42. The molecule has 24 heavy (non-hydrogen) atoms. The van der Waals surface area contributed by atoms with Crippen LogP contribution in [-0.4, -0.2) is 25.3 Å². The molecule has 0 aliphatic rings. The highest BCUT2D eigenvalue weighted by molar-refractivity contribution is 7.99. The van der Waals surface area contributed by atoms with Gasteiger partial charge in [0.2, 0.25) is 0 Å². The fraction of sp³-hybridized carbons (Fsp3) is 0.111. The van der Waals surface area contributed by atoms with E-state index in [1.54, 1.807) is 17.8 Å². The van der Waals surface area contributed by atoms with E-state index in [2.05, 4.69) is 11.9 Å². The number of para-hydroxylation sites is 1. The van der Waals surface area contributed by atoms with E-state index in [-0.39, 0.29) is 13.2 Å². The summed E-state index contributed by atoms with van der Waals surface area (Å²) in [6.07, 6.45) is 0.447. The fourth-order valence-electron chi connectivity index (χ4n) is 1.76. The Kier molecular flexibility index (Phi) is 6.91. The molecule has 0 bridgehead atoms. The number of esters is 1. The first-order chi connectivity index (χ1) is 11.7. The number of benzene rings is 2. The zero-order chi connectivity index (χ0) is 17.2. The molecule has 0 radical (unpaired) electrons. The number of carbonyl (C=O) groups excluding carboxylic acids is 2. The van der Waals surface area contributed by atoms with Crippen molar-refractivity contribution < 1.29 is 19.1 Å². The van der Waals surface area contributed by atoms with Crippen LogP contribution < -0.4 is 5.32 Å². The van der Waals surface area contributed by atoms with Gasteiger partial charge in [-0.15, -0.1) is 0 Å². The summed E-state index contributed by atoms with van der Waals surface area (Å²) < 4.78 is 9.70. The summed E-state index contributed by atoms with van der Waals surface area (Å²) in [5.74, 6) is -0.552. The summed E-state index contributed by atoms with van der Waals surface area (Å²) in [5.41, 5.74) is 0.652. The number of rotatable bonds is 7. The van der Waals surface area contributed by atoms with Gasteiger partial charge in [0.1, 0.15) is 13.2 Å². The van der Waals surface area contributed by atoms with Gasteiger partial charge in [0, 0.05) is 15.9 Å². The molecule has 124 valence electrons. The molecular weight excluding hydrogens is 326 g/mol. The first kappa shape index (κ1) is 17.6. The van der Waals surface area contributed by atoms with Gasteiger partial charge in [0.15, 0.2) is 0 Å². The van der Waals surface area contributed by atoms with Crippen molar-refractivity contribution in [2.24, 2.45) is 0 Å². The third-order valence-electron chi connectivity index (χ3n) is 2.82. The van der Waals surface area contributed by atoms with Crippen LogP contribution in [0, 0.1) is 0 Å². The van der Waals surface area contributed by atoms with Crippen LogP contribution in [0.15, 0.2) is 77.0 Å². The van der Waals surface area contributed by atoms with Crippen molar-refractivity contribution in [2.45, 2.75) is 9.79 Å². The van der Waals surface area contributed by atoms with Gasteiger partial charge < -0.3 is 9.47 Å². The van der Waals surface area contributed by atoms with Crippen molar-refractivity contribution in [1.82, 2.24) is 0 Å². The predicted octanol–water partition coefficient (Wildman–Crippen LogP) is 4.12. The van der Waals surface area contributed by atoms with Crippen LogP contribution in [0.5, 0.6) is 0 Å². The average Bonchev–Trinajstić information content (AvgIpc) is 2.61. The van der Waals surface area contributed by atoms with Gasteiger partial charge in [0.05, 0.1) is 5.69 Å². The molecular formula is C18H17NO4S. The first-order valence-electron chi connectivity index (χ1n) is 7.24. The van der Waals surface area contributed by atoms with Gasteiger partial charge in [-0.25, -0.2) is 9.59 Å². The standard InChI is InChI=1S/C18H17NO4S/c1-2-17(20)22-12-13-23-18(21)19-15-10-6-7-11-16(15)24-14-8-4-3-5-9-14/h2-11H,1,12-13H2,(H,19,21). The monoisotopic (exact) mass is 343 g/mol. The molecule has 0 saturated heterocycles. The summed E-state index contributed by atoms with van der Waals surface area (Å²) in [5, 5.41) is 2.69. The molecule has 0 atom stereocenters. The Bertz CT molecular complexity index is 703. The molecule has 0 aliphatic heterocycles. The molecule has 2 rings (SSSR count). The van der Waals surface area contributed by atoms with E-state index < -0.39 is 12.1 Å². The lowest BCUT2D eigenvalue weighted by Crippen LogP contribution is -2.18. The maximum absolute atomic E-state index is 11.8. The smallest absolute Gasteiger partial charge is 0.411 e. The lowest BCUT2D eigenvalue weighted by Gasteiger charge is -2.11. The lowest BCUT2D eigenvalue weighted by molar-refractivity contribution is -0.138. The SMILES string of the molecule is C=CC(=O)OCCOC(=O)Nc1ccccc1Sc1ccccc1. The third-order valence-corrected chi connectivity index (χ3v) is 3.91. The molecule has 0 heterocycles.